The number of carbonyl (C=O) groups excluding carboxylic acids is 2. The van der Waals surface area contributed by atoms with Crippen LogP contribution >= 0.6 is 0 Å². The van der Waals surface area contributed by atoms with Gasteiger partial charge in [-0.05, 0) is 0 Å². The van der Waals surface area contributed by atoms with Gasteiger partial charge in [-0.3, -0.25) is 9.59 Å². The van der Waals surface area contributed by atoms with E-state index < -0.39 is 12.1 Å². The van der Waals surface area contributed by atoms with E-state index in [-0.39, 0.29) is 5.91 Å². The van der Waals surface area contributed by atoms with Crippen molar-refractivity contribution in [3.05, 3.63) is 48.6 Å². The van der Waals surface area contributed by atoms with Gasteiger partial charge in [-0.2, -0.15) is 0 Å². The molecule has 0 bridgehead atoms. The second-order valence-corrected chi connectivity index (χ2v) is 3.43. The van der Waals surface area contributed by atoms with Gasteiger partial charge in [0.1, 0.15) is 0 Å². The molecule has 17 heavy (non-hydrogen) atoms. The molecule has 0 saturated heterocycles. The van der Waals surface area contributed by atoms with E-state index in [9.17, 15) is 9.59 Å². The van der Waals surface area contributed by atoms with Crippen LogP contribution in [0.15, 0.2) is 43.0 Å². The van der Waals surface area contributed by atoms with E-state index in [4.69, 9.17) is 4.74 Å². The monoisotopic (exact) mass is 233 g/mol. The quantitative estimate of drug-likeness (QED) is 0.620. The van der Waals surface area contributed by atoms with Crippen LogP contribution in [0.3, 0.4) is 0 Å². The van der Waals surface area contributed by atoms with E-state index in [1.54, 1.807) is 30.3 Å². The minimum Gasteiger partial charge on any atom is -0.447 e. The number of rotatable bonds is 5. The summed E-state index contributed by atoms with van der Waals surface area (Å²) in [4.78, 5) is 22.8. The molecule has 0 aliphatic carbocycles. The van der Waals surface area contributed by atoms with Crippen LogP contribution in [-0.2, 0) is 14.3 Å². The summed E-state index contributed by atoms with van der Waals surface area (Å²) >= 11 is 0. The van der Waals surface area contributed by atoms with Gasteiger partial charge in [0.05, 0.1) is 0 Å². The fraction of sp³-hybridized carbons (Fsp3) is 0.231. The Morgan fingerprint density at radius 1 is 1.41 bits per heavy atom. The lowest BCUT2D eigenvalue weighted by Gasteiger charge is -2.16. The summed E-state index contributed by atoms with van der Waals surface area (Å²) in [6, 6.07) is 8.87. The number of esters is 1. The maximum Gasteiger partial charge on any atom is 0.303 e. The lowest BCUT2D eigenvalue weighted by Crippen LogP contribution is -2.31. The molecule has 0 radical (unpaired) electrons. The van der Waals surface area contributed by atoms with Crippen LogP contribution in [0.1, 0.15) is 18.6 Å². The first-order chi connectivity index (χ1) is 8.15. The first-order valence-corrected chi connectivity index (χ1v) is 5.26. The summed E-state index contributed by atoms with van der Waals surface area (Å²) in [7, 11) is 0. The van der Waals surface area contributed by atoms with E-state index in [0.717, 1.165) is 0 Å². The van der Waals surface area contributed by atoms with Gasteiger partial charge in [-0.25, -0.2) is 0 Å². The predicted octanol–water partition coefficient (Wildman–Crippen LogP) is 1.59. The minimum atomic E-state index is -0.909. The molecule has 1 N–H and O–H groups in total. The summed E-state index contributed by atoms with van der Waals surface area (Å²) in [6.45, 7) is 5.11. The van der Waals surface area contributed by atoms with Gasteiger partial charge in [0.15, 0.2) is 0 Å². The van der Waals surface area contributed by atoms with Gasteiger partial charge >= 0.3 is 5.97 Å². The lowest BCUT2D eigenvalue weighted by atomic mass is 10.1. The van der Waals surface area contributed by atoms with Crippen LogP contribution in [0.4, 0.5) is 0 Å². The molecule has 0 saturated carbocycles. The van der Waals surface area contributed by atoms with Crippen molar-refractivity contribution in [1.82, 2.24) is 5.32 Å². The molecule has 1 aromatic rings. The van der Waals surface area contributed by atoms with Crippen molar-refractivity contribution in [2.24, 2.45) is 0 Å². The number of carbonyl (C=O) groups is 2. The predicted molar refractivity (Wildman–Crippen MR) is 64.2 cm³/mol. The number of ether oxygens (including phenoxy) is 1. The van der Waals surface area contributed by atoms with Gasteiger partial charge in [0.25, 0.3) is 5.91 Å². The third-order valence-electron chi connectivity index (χ3n) is 2.04. The summed E-state index contributed by atoms with van der Waals surface area (Å²) in [6.07, 6.45) is 0.655. The summed E-state index contributed by atoms with van der Waals surface area (Å²) in [5.74, 6) is -0.848. The largest absolute Gasteiger partial charge is 0.447 e. The molecule has 0 aliphatic rings. The van der Waals surface area contributed by atoms with Gasteiger partial charge in [-0.15, -0.1) is 6.58 Å². The Labute approximate surface area is 100 Å². The Balaban J connectivity index is 2.84. The zero-order valence-corrected chi connectivity index (χ0v) is 9.68. The van der Waals surface area contributed by atoms with Gasteiger partial charge in [0, 0.05) is 19.0 Å². The molecular formula is C13H15NO3. The molecule has 1 amide bonds. The Kier molecular flexibility index (Phi) is 4.94. The highest BCUT2D eigenvalue weighted by Gasteiger charge is 2.22. The summed E-state index contributed by atoms with van der Waals surface area (Å²) in [5.41, 5.74) is 0.643. The highest BCUT2D eigenvalue weighted by atomic mass is 16.5. The van der Waals surface area contributed by atoms with Crippen molar-refractivity contribution in [2.75, 3.05) is 6.54 Å². The molecule has 4 nitrogen and oxygen atoms in total. The number of hydrogen-bond acceptors (Lipinski definition) is 3. The smallest absolute Gasteiger partial charge is 0.303 e. The SMILES string of the molecule is C=CCNC(=O)C(OC(C)=O)c1ccccc1. The normalized spacial score (nSPS) is 11.4. The van der Waals surface area contributed by atoms with E-state index >= 15 is 0 Å². The Morgan fingerprint density at radius 3 is 2.59 bits per heavy atom. The molecule has 90 valence electrons. The number of amides is 1. The molecule has 0 heterocycles. The Bertz CT molecular complexity index is 400. The van der Waals surface area contributed by atoms with Gasteiger partial charge < -0.3 is 10.1 Å². The molecule has 1 atom stereocenters. The van der Waals surface area contributed by atoms with Crippen LogP contribution in [0.25, 0.3) is 0 Å². The van der Waals surface area contributed by atoms with Crippen LogP contribution in [0, 0.1) is 0 Å². The maximum absolute atomic E-state index is 11.8. The molecular weight excluding hydrogens is 218 g/mol. The fourth-order valence-corrected chi connectivity index (χ4v) is 1.33. The van der Waals surface area contributed by atoms with E-state index in [1.807, 2.05) is 6.07 Å². The average molecular weight is 233 g/mol. The van der Waals surface area contributed by atoms with Gasteiger partial charge in [-0.1, -0.05) is 36.4 Å². The first kappa shape index (κ1) is 13.0. The average Bonchev–Trinajstić information content (AvgIpc) is 2.34. The number of hydrogen-bond donors (Lipinski definition) is 1. The minimum absolute atomic E-state index is 0.337. The van der Waals surface area contributed by atoms with Crippen LogP contribution < -0.4 is 5.32 Å². The molecule has 1 unspecified atom stereocenters. The third kappa shape index (κ3) is 4.10. The van der Waals surface area contributed by atoms with Crippen molar-refractivity contribution in [1.29, 1.82) is 0 Å². The highest BCUT2D eigenvalue weighted by Crippen LogP contribution is 2.17. The fourth-order valence-electron chi connectivity index (χ4n) is 1.33. The van der Waals surface area contributed by atoms with E-state index in [1.165, 1.54) is 6.92 Å². The van der Waals surface area contributed by atoms with E-state index in [0.29, 0.717) is 12.1 Å². The van der Waals surface area contributed by atoms with Crippen molar-refractivity contribution in [3.63, 3.8) is 0 Å². The van der Waals surface area contributed by atoms with Crippen LogP contribution in [-0.4, -0.2) is 18.4 Å². The number of nitrogens with one attached hydrogen (secondary N) is 1. The van der Waals surface area contributed by atoms with Crippen molar-refractivity contribution >= 4 is 11.9 Å². The molecule has 0 aliphatic heterocycles. The molecule has 0 spiro atoms. The summed E-state index contributed by atoms with van der Waals surface area (Å²) in [5, 5.41) is 2.60. The first-order valence-electron chi connectivity index (χ1n) is 5.26. The van der Waals surface area contributed by atoms with Crippen LogP contribution in [0.5, 0.6) is 0 Å². The second-order valence-electron chi connectivity index (χ2n) is 3.43. The van der Waals surface area contributed by atoms with Crippen LogP contribution in [0.2, 0.25) is 0 Å². The Morgan fingerprint density at radius 2 is 2.06 bits per heavy atom. The Hall–Kier alpha value is -2.10. The standard InChI is InChI=1S/C13H15NO3/c1-3-9-14-13(16)12(17-10(2)15)11-7-5-4-6-8-11/h3-8,12H,1,9H2,2H3,(H,14,16). The molecule has 4 heteroatoms. The lowest BCUT2D eigenvalue weighted by molar-refractivity contribution is -0.154. The summed E-state index contributed by atoms with van der Waals surface area (Å²) < 4.78 is 5.01. The zero-order chi connectivity index (χ0) is 12.7. The second kappa shape index (κ2) is 6.48. The van der Waals surface area contributed by atoms with Crippen molar-refractivity contribution < 1.29 is 14.3 Å². The van der Waals surface area contributed by atoms with Crippen molar-refractivity contribution in [2.45, 2.75) is 13.0 Å². The van der Waals surface area contributed by atoms with Crippen molar-refractivity contribution in [3.8, 4) is 0 Å². The molecule has 0 fully saturated rings. The molecule has 1 aromatic carbocycles. The number of benzene rings is 1. The topological polar surface area (TPSA) is 55.4 Å². The zero-order valence-electron chi connectivity index (χ0n) is 9.68. The molecule has 1 rings (SSSR count). The third-order valence-corrected chi connectivity index (χ3v) is 2.04. The van der Waals surface area contributed by atoms with E-state index in [2.05, 4.69) is 11.9 Å². The van der Waals surface area contributed by atoms with Gasteiger partial charge in [0.2, 0.25) is 6.10 Å². The maximum atomic E-state index is 11.8. The molecule has 0 aromatic heterocycles. The highest BCUT2D eigenvalue weighted by molar-refractivity contribution is 5.84.